The van der Waals surface area contributed by atoms with Crippen molar-refractivity contribution >= 4 is 11.6 Å². The van der Waals surface area contributed by atoms with E-state index in [0.29, 0.717) is 6.54 Å². The molecule has 0 saturated heterocycles. The number of ether oxygens (including phenoxy) is 1. The Kier molecular flexibility index (Phi) is 6.15. The number of likely N-dealkylation sites (N-methyl/N-ethyl adjacent to an activating group) is 1. The summed E-state index contributed by atoms with van der Waals surface area (Å²) in [4.78, 5) is 13.4. The van der Waals surface area contributed by atoms with Crippen molar-refractivity contribution in [3.63, 3.8) is 0 Å². The van der Waals surface area contributed by atoms with Crippen molar-refractivity contribution in [2.45, 2.75) is 19.4 Å². The Morgan fingerprint density at radius 3 is 2.84 bits per heavy atom. The number of hydrogen-bond donors (Lipinski definition) is 2. The Morgan fingerprint density at radius 1 is 1.53 bits per heavy atom. The molecule has 5 heteroatoms. The van der Waals surface area contributed by atoms with Crippen LogP contribution in [0.25, 0.3) is 0 Å². The number of primary amides is 1. The Balaban J connectivity index is 2.69. The summed E-state index contributed by atoms with van der Waals surface area (Å²) in [5, 5.41) is 3.15. The van der Waals surface area contributed by atoms with Gasteiger partial charge in [-0.3, -0.25) is 4.79 Å². The molecule has 1 amide bonds. The summed E-state index contributed by atoms with van der Waals surface area (Å²) in [6.45, 7) is 3.36. The van der Waals surface area contributed by atoms with Gasteiger partial charge in [0.2, 0.25) is 5.91 Å². The maximum absolute atomic E-state index is 11.4. The standard InChI is InChI=1S/C14H23N3O2/c1-4-8-16-13(14(15)18)10-17(2)11-6-5-7-12(9-11)19-3/h5-7,9,13,16H,4,8,10H2,1-3H3,(H2,15,18). The lowest BCUT2D eigenvalue weighted by Crippen LogP contribution is -2.48. The van der Waals surface area contributed by atoms with Crippen LogP contribution in [0.2, 0.25) is 0 Å². The van der Waals surface area contributed by atoms with Crippen LogP contribution in [0, 0.1) is 0 Å². The second kappa shape index (κ2) is 7.63. The zero-order valence-electron chi connectivity index (χ0n) is 11.8. The van der Waals surface area contributed by atoms with Gasteiger partial charge in [0.05, 0.1) is 7.11 Å². The third-order valence-electron chi connectivity index (χ3n) is 2.93. The molecule has 0 heterocycles. The minimum Gasteiger partial charge on any atom is -0.497 e. The molecule has 5 nitrogen and oxygen atoms in total. The molecular formula is C14H23N3O2. The smallest absolute Gasteiger partial charge is 0.236 e. The summed E-state index contributed by atoms with van der Waals surface area (Å²) in [7, 11) is 3.56. The molecule has 0 bridgehead atoms. The molecule has 1 rings (SSSR count). The third-order valence-corrected chi connectivity index (χ3v) is 2.93. The van der Waals surface area contributed by atoms with Crippen LogP contribution in [0.5, 0.6) is 5.75 Å². The summed E-state index contributed by atoms with van der Waals surface area (Å²) in [6.07, 6.45) is 0.965. The van der Waals surface area contributed by atoms with E-state index in [4.69, 9.17) is 10.5 Å². The zero-order valence-corrected chi connectivity index (χ0v) is 11.8. The zero-order chi connectivity index (χ0) is 14.3. The van der Waals surface area contributed by atoms with E-state index in [9.17, 15) is 4.79 Å². The summed E-state index contributed by atoms with van der Waals surface area (Å²) in [5.41, 5.74) is 6.40. The van der Waals surface area contributed by atoms with Crippen LogP contribution >= 0.6 is 0 Å². The van der Waals surface area contributed by atoms with Gasteiger partial charge in [-0.25, -0.2) is 0 Å². The molecule has 3 N–H and O–H groups in total. The van der Waals surface area contributed by atoms with Gasteiger partial charge in [0.1, 0.15) is 11.8 Å². The number of benzene rings is 1. The highest BCUT2D eigenvalue weighted by atomic mass is 16.5. The first-order valence-electron chi connectivity index (χ1n) is 6.46. The van der Waals surface area contributed by atoms with E-state index in [1.54, 1.807) is 7.11 Å². The highest BCUT2D eigenvalue weighted by Crippen LogP contribution is 2.19. The molecular weight excluding hydrogens is 242 g/mol. The average Bonchev–Trinajstić information content (AvgIpc) is 2.42. The van der Waals surface area contributed by atoms with Crippen molar-refractivity contribution in [2.75, 3.05) is 32.1 Å². The molecule has 0 radical (unpaired) electrons. The van der Waals surface area contributed by atoms with Crippen LogP contribution in [0.4, 0.5) is 5.69 Å². The number of nitrogens with zero attached hydrogens (tertiary/aromatic N) is 1. The van der Waals surface area contributed by atoms with Crippen molar-refractivity contribution in [1.29, 1.82) is 0 Å². The minimum atomic E-state index is -0.351. The first-order valence-corrected chi connectivity index (χ1v) is 6.46. The fourth-order valence-corrected chi connectivity index (χ4v) is 1.80. The number of carbonyl (C=O) groups excluding carboxylic acids is 1. The summed E-state index contributed by atoms with van der Waals surface area (Å²) in [6, 6.07) is 7.36. The normalized spacial score (nSPS) is 11.9. The molecule has 1 aromatic carbocycles. The van der Waals surface area contributed by atoms with Crippen molar-refractivity contribution < 1.29 is 9.53 Å². The molecule has 0 fully saturated rings. The first kappa shape index (κ1) is 15.3. The molecule has 106 valence electrons. The molecule has 19 heavy (non-hydrogen) atoms. The van der Waals surface area contributed by atoms with Gasteiger partial charge in [0, 0.05) is 25.3 Å². The van der Waals surface area contributed by atoms with Gasteiger partial charge in [-0.2, -0.15) is 0 Å². The van der Waals surface area contributed by atoms with Gasteiger partial charge < -0.3 is 20.7 Å². The van der Waals surface area contributed by atoms with Gasteiger partial charge in [0.15, 0.2) is 0 Å². The largest absolute Gasteiger partial charge is 0.497 e. The van der Waals surface area contributed by atoms with Crippen LogP contribution in [0.15, 0.2) is 24.3 Å². The molecule has 0 aliphatic heterocycles. The number of carbonyl (C=O) groups is 1. The number of amides is 1. The average molecular weight is 265 g/mol. The van der Waals surface area contributed by atoms with Gasteiger partial charge in [-0.1, -0.05) is 13.0 Å². The number of hydrogen-bond acceptors (Lipinski definition) is 4. The predicted octanol–water partition coefficient (Wildman–Crippen LogP) is 0.985. The minimum absolute atomic E-state index is 0.330. The lowest BCUT2D eigenvalue weighted by Gasteiger charge is -2.25. The van der Waals surface area contributed by atoms with Gasteiger partial charge >= 0.3 is 0 Å². The highest BCUT2D eigenvalue weighted by Gasteiger charge is 2.16. The van der Waals surface area contributed by atoms with E-state index in [1.165, 1.54) is 0 Å². The summed E-state index contributed by atoms with van der Waals surface area (Å²) < 4.78 is 5.19. The monoisotopic (exact) mass is 265 g/mol. The summed E-state index contributed by atoms with van der Waals surface area (Å²) >= 11 is 0. The lowest BCUT2D eigenvalue weighted by molar-refractivity contribution is -0.119. The van der Waals surface area contributed by atoms with Crippen LogP contribution in [-0.4, -0.2) is 39.2 Å². The number of nitrogens with one attached hydrogen (secondary N) is 1. The molecule has 0 aliphatic rings. The molecule has 1 unspecified atom stereocenters. The number of nitrogens with two attached hydrogens (primary N) is 1. The maximum atomic E-state index is 11.4. The van der Waals surface area contributed by atoms with Gasteiger partial charge in [0.25, 0.3) is 0 Å². The van der Waals surface area contributed by atoms with Crippen molar-refractivity contribution in [2.24, 2.45) is 5.73 Å². The second-order valence-corrected chi connectivity index (χ2v) is 4.49. The van der Waals surface area contributed by atoms with E-state index in [0.717, 1.165) is 24.4 Å². The van der Waals surface area contributed by atoms with Gasteiger partial charge in [-0.05, 0) is 25.1 Å². The Labute approximate surface area is 114 Å². The van der Waals surface area contributed by atoms with E-state index in [2.05, 4.69) is 12.2 Å². The molecule has 0 aliphatic carbocycles. The van der Waals surface area contributed by atoms with Crippen LogP contribution < -0.4 is 20.7 Å². The maximum Gasteiger partial charge on any atom is 0.236 e. The van der Waals surface area contributed by atoms with Crippen molar-refractivity contribution in [3.8, 4) is 5.75 Å². The third kappa shape index (κ3) is 4.79. The number of methoxy groups -OCH3 is 1. The van der Waals surface area contributed by atoms with Crippen molar-refractivity contribution in [1.82, 2.24) is 5.32 Å². The van der Waals surface area contributed by atoms with E-state index in [1.807, 2.05) is 36.2 Å². The Bertz CT molecular complexity index is 409. The predicted molar refractivity (Wildman–Crippen MR) is 77.5 cm³/mol. The van der Waals surface area contributed by atoms with E-state index >= 15 is 0 Å². The molecule has 0 saturated carbocycles. The van der Waals surface area contributed by atoms with Crippen LogP contribution in [0.1, 0.15) is 13.3 Å². The molecule has 1 aromatic rings. The van der Waals surface area contributed by atoms with E-state index < -0.39 is 0 Å². The van der Waals surface area contributed by atoms with Crippen LogP contribution in [-0.2, 0) is 4.79 Å². The lowest BCUT2D eigenvalue weighted by atomic mass is 10.2. The fourth-order valence-electron chi connectivity index (χ4n) is 1.80. The molecule has 0 aromatic heterocycles. The molecule has 0 spiro atoms. The van der Waals surface area contributed by atoms with Gasteiger partial charge in [-0.15, -0.1) is 0 Å². The van der Waals surface area contributed by atoms with Crippen molar-refractivity contribution in [3.05, 3.63) is 24.3 Å². The first-order chi connectivity index (χ1) is 9.08. The molecule has 1 atom stereocenters. The number of anilines is 1. The Morgan fingerprint density at radius 2 is 2.26 bits per heavy atom. The summed E-state index contributed by atoms with van der Waals surface area (Å²) in [5.74, 6) is 0.463. The van der Waals surface area contributed by atoms with E-state index in [-0.39, 0.29) is 11.9 Å². The SMILES string of the molecule is CCCNC(CN(C)c1cccc(OC)c1)C(N)=O. The fraction of sp³-hybridized carbons (Fsp3) is 0.500. The number of rotatable bonds is 8. The Hall–Kier alpha value is -1.75. The highest BCUT2D eigenvalue weighted by molar-refractivity contribution is 5.80. The van der Waals surface area contributed by atoms with Crippen LogP contribution in [0.3, 0.4) is 0 Å². The topological polar surface area (TPSA) is 67.6 Å². The second-order valence-electron chi connectivity index (χ2n) is 4.49. The quantitative estimate of drug-likeness (QED) is 0.735.